The lowest BCUT2D eigenvalue weighted by atomic mass is 10.1. The van der Waals surface area contributed by atoms with Gasteiger partial charge in [0.05, 0.1) is 16.8 Å². The Morgan fingerprint density at radius 1 is 1.28 bits per heavy atom. The molecule has 0 saturated carbocycles. The molecule has 0 aliphatic heterocycles. The van der Waals surface area contributed by atoms with Gasteiger partial charge in [-0.1, -0.05) is 12.1 Å². The Morgan fingerprint density at radius 3 is 2.44 bits per heavy atom. The molecule has 1 aromatic carbocycles. The molecule has 2 nitrogen and oxygen atoms in total. The second kappa shape index (κ2) is 4.15. The first kappa shape index (κ1) is 12.7. The molecular formula is C13H12F3NO. The Bertz CT molecular complexity index is 596. The fraction of sp³-hybridized carbons (Fsp3) is 0.308. The number of nitrogens with zero attached hydrogens (tertiary/aromatic N) is 1. The first-order chi connectivity index (χ1) is 8.36. The molecule has 96 valence electrons. The quantitative estimate of drug-likeness (QED) is 0.742. The molecule has 0 N–H and O–H groups in total. The van der Waals surface area contributed by atoms with E-state index in [2.05, 4.69) is 0 Å². The van der Waals surface area contributed by atoms with Gasteiger partial charge in [-0.15, -0.1) is 0 Å². The Hall–Kier alpha value is -1.78. The number of para-hydroxylation sites is 1. The number of carbonyl (C=O) groups is 1. The van der Waals surface area contributed by atoms with E-state index in [1.54, 1.807) is 19.9 Å². The number of carbonyl (C=O) groups excluding carboxylic acids is 1. The number of benzene rings is 1. The topological polar surface area (TPSA) is 22.0 Å². The summed E-state index contributed by atoms with van der Waals surface area (Å²) in [7, 11) is 0. The predicted octanol–water partition coefficient (Wildman–Crippen LogP) is 4.05. The van der Waals surface area contributed by atoms with Crippen LogP contribution in [0, 0.1) is 0 Å². The molecule has 0 aliphatic rings. The first-order valence-electron chi connectivity index (χ1n) is 5.52. The van der Waals surface area contributed by atoms with E-state index in [0.29, 0.717) is 11.7 Å². The van der Waals surface area contributed by atoms with Gasteiger partial charge in [0.1, 0.15) is 0 Å². The summed E-state index contributed by atoms with van der Waals surface area (Å²) in [5.74, 6) is 0. The standard InChI is InChI=1S/C13H12F3NO/c1-8(2)17-10(7-18)6-9-4-3-5-11(12(9)17)13(14,15)16/h3-8H,1-2H3. The van der Waals surface area contributed by atoms with Crippen LogP contribution in [-0.2, 0) is 6.18 Å². The molecule has 1 heterocycles. The van der Waals surface area contributed by atoms with Crippen LogP contribution in [0.2, 0.25) is 0 Å². The van der Waals surface area contributed by atoms with Crippen molar-refractivity contribution in [3.63, 3.8) is 0 Å². The molecule has 0 radical (unpaired) electrons. The molecule has 0 amide bonds. The molecule has 0 fully saturated rings. The van der Waals surface area contributed by atoms with Crippen LogP contribution in [0.25, 0.3) is 10.9 Å². The van der Waals surface area contributed by atoms with Crippen molar-refractivity contribution in [1.29, 1.82) is 0 Å². The highest BCUT2D eigenvalue weighted by Gasteiger charge is 2.34. The molecule has 18 heavy (non-hydrogen) atoms. The number of hydrogen-bond donors (Lipinski definition) is 0. The maximum atomic E-state index is 13.0. The second-order valence-corrected chi connectivity index (χ2v) is 4.39. The van der Waals surface area contributed by atoms with Gasteiger partial charge in [-0.2, -0.15) is 13.2 Å². The van der Waals surface area contributed by atoms with Gasteiger partial charge < -0.3 is 4.57 Å². The van der Waals surface area contributed by atoms with Crippen molar-refractivity contribution in [1.82, 2.24) is 4.57 Å². The van der Waals surface area contributed by atoms with E-state index in [1.165, 1.54) is 16.7 Å². The number of halogens is 3. The van der Waals surface area contributed by atoms with Gasteiger partial charge in [0.15, 0.2) is 6.29 Å². The molecule has 0 aliphatic carbocycles. The number of hydrogen-bond acceptors (Lipinski definition) is 1. The lowest BCUT2D eigenvalue weighted by Gasteiger charge is -2.16. The number of alkyl halides is 3. The van der Waals surface area contributed by atoms with Crippen LogP contribution in [0.15, 0.2) is 24.3 Å². The van der Waals surface area contributed by atoms with Gasteiger partial charge in [-0.25, -0.2) is 0 Å². The van der Waals surface area contributed by atoms with Gasteiger partial charge >= 0.3 is 6.18 Å². The lowest BCUT2D eigenvalue weighted by molar-refractivity contribution is -0.136. The highest BCUT2D eigenvalue weighted by Crippen LogP contribution is 2.37. The Morgan fingerprint density at radius 2 is 1.94 bits per heavy atom. The van der Waals surface area contributed by atoms with Crippen molar-refractivity contribution < 1.29 is 18.0 Å². The van der Waals surface area contributed by atoms with Crippen LogP contribution >= 0.6 is 0 Å². The molecule has 0 spiro atoms. The summed E-state index contributed by atoms with van der Waals surface area (Å²) in [6.07, 6.45) is -3.84. The van der Waals surface area contributed by atoms with E-state index in [-0.39, 0.29) is 17.3 Å². The fourth-order valence-electron chi connectivity index (χ4n) is 2.18. The van der Waals surface area contributed by atoms with Gasteiger partial charge in [0.25, 0.3) is 0 Å². The fourth-order valence-corrected chi connectivity index (χ4v) is 2.18. The van der Waals surface area contributed by atoms with Gasteiger partial charge in [-0.05, 0) is 26.0 Å². The molecule has 2 aromatic rings. The predicted molar refractivity (Wildman–Crippen MR) is 62.7 cm³/mol. The molecule has 2 rings (SSSR count). The van der Waals surface area contributed by atoms with E-state index in [1.807, 2.05) is 0 Å². The van der Waals surface area contributed by atoms with Crippen molar-refractivity contribution in [2.24, 2.45) is 0 Å². The Labute approximate surface area is 102 Å². The van der Waals surface area contributed by atoms with Gasteiger partial charge in [0.2, 0.25) is 0 Å². The van der Waals surface area contributed by atoms with Crippen LogP contribution in [0.4, 0.5) is 13.2 Å². The minimum Gasteiger partial charge on any atom is -0.335 e. The molecule has 0 saturated heterocycles. The maximum absolute atomic E-state index is 13.0. The minimum atomic E-state index is -4.43. The third-order valence-electron chi connectivity index (χ3n) is 2.83. The summed E-state index contributed by atoms with van der Waals surface area (Å²) in [6, 6.07) is 5.24. The monoisotopic (exact) mass is 255 g/mol. The van der Waals surface area contributed by atoms with Gasteiger partial charge in [0, 0.05) is 11.4 Å². The largest absolute Gasteiger partial charge is 0.418 e. The summed E-state index contributed by atoms with van der Waals surface area (Å²) in [5, 5.41) is 0.431. The van der Waals surface area contributed by atoms with E-state index in [0.717, 1.165) is 6.07 Å². The van der Waals surface area contributed by atoms with E-state index in [9.17, 15) is 18.0 Å². The summed E-state index contributed by atoms with van der Waals surface area (Å²) in [4.78, 5) is 11.0. The highest BCUT2D eigenvalue weighted by atomic mass is 19.4. The lowest BCUT2D eigenvalue weighted by Crippen LogP contribution is -2.11. The van der Waals surface area contributed by atoms with E-state index >= 15 is 0 Å². The van der Waals surface area contributed by atoms with Crippen molar-refractivity contribution in [2.45, 2.75) is 26.1 Å². The molecule has 0 bridgehead atoms. The van der Waals surface area contributed by atoms with Crippen molar-refractivity contribution in [3.05, 3.63) is 35.5 Å². The Balaban J connectivity index is 2.90. The zero-order valence-corrected chi connectivity index (χ0v) is 9.95. The molecule has 0 unspecified atom stereocenters. The molecular weight excluding hydrogens is 243 g/mol. The second-order valence-electron chi connectivity index (χ2n) is 4.39. The molecule has 5 heteroatoms. The summed E-state index contributed by atoms with van der Waals surface area (Å²) >= 11 is 0. The number of aromatic nitrogens is 1. The van der Waals surface area contributed by atoms with Crippen molar-refractivity contribution >= 4 is 17.2 Å². The Kier molecular flexibility index (Phi) is 2.92. The van der Waals surface area contributed by atoms with Crippen LogP contribution in [-0.4, -0.2) is 10.9 Å². The summed E-state index contributed by atoms with van der Waals surface area (Å²) in [5.41, 5.74) is -0.374. The minimum absolute atomic E-state index is 0.0714. The van der Waals surface area contributed by atoms with Gasteiger partial charge in [-0.3, -0.25) is 4.79 Å². The van der Waals surface area contributed by atoms with Crippen LogP contribution in [0.3, 0.4) is 0 Å². The highest BCUT2D eigenvalue weighted by molar-refractivity contribution is 5.91. The average Bonchev–Trinajstić information content (AvgIpc) is 2.65. The average molecular weight is 255 g/mol. The van der Waals surface area contributed by atoms with E-state index < -0.39 is 11.7 Å². The van der Waals surface area contributed by atoms with Crippen LogP contribution < -0.4 is 0 Å². The summed E-state index contributed by atoms with van der Waals surface area (Å²) < 4.78 is 40.3. The first-order valence-corrected chi connectivity index (χ1v) is 5.52. The zero-order chi connectivity index (χ0) is 13.5. The number of fused-ring (bicyclic) bond motifs is 1. The van der Waals surface area contributed by atoms with E-state index in [4.69, 9.17) is 0 Å². The third-order valence-corrected chi connectivity index (χ3v) is 2.83. The SMILES string of the molecule is CC(C)n1c(C=O)cc2cccc(C(F)(F)F)c21. The van der Waals surface area contributed by atoms with Crippen LogP contribution in [0.1, 0.15) is 35.9 Å². The normalized spacial score (nSPS) is 12.3. The molecule has 1 aromatic heterocycles. The number of aldehydes is 1. The van der Waals surface area contributed by atoms with Crippen molar-refractivity contribution in [2.75, 3.05) is 0 Å². The zero-order valence-electron chi connectivity index (χ0n) is 9.95. The number of rotatable bonds is 2. The molecule has 0 atom stereocenters. The third kappa shape index (κ3) is 1.89. The maximum Gasteiger partial charge on any atom is 0.418 e. The summed E-state index contributed by atoms with van der Waals surface area (Å²) in [6.45, 7) is 3.50. The van der Waals surface area contributed by atoms with Crippen molar-refractivity contribution in [3.8, 4) is 0 Å². The smallest absolute Gasteiger partial charge is 0.335 e. The van der Waals surface area contributed by atoms with Crippen LogP contribution in [0.5, 0.6) is 0 Å².